The molecule has 0 spiro atoms. The molecular weight excluding hydrogens is 342 g/mol. The SMILES string of the molecule is CCOc1ccc(NC(=O)Nc2ccc(CC(=O)N3CCCC3)cc2)cc1. The largest absolute Gasteiger partial charge is 0.494 e. The maximum atomic E-state index is 12.2. The standard InChI is InChI=1S/C21H25N3O3/c1-2-27-19-11-9-18(10-12-19)23-21(26)22-17-7-5-16(6-8-17)15-20(25)24-13-3-4-14-24/h5-12H,2-4,13-15H2,1H3,(H2,22,23,26). The Morgan fingerprint density at radius 1 is 0.926 bits per heavy atom. The van der Waals surface area contributed by atoms with Crippen LogP contribution in [-0.4, -0.2) is 36.5 Å². The van der Waals surface area contributed by atoms with E-state index in [1.165, 1.54) is 0 Å². The third kappa shape index (κ3) is 5.48. The van der Waals surface area contributed by atoms with Crippen molar-refractivity contribution < 1.29 is 14.3 Å². The summed E-state index contributed by atoms with van der Waals surface area (Å²) in [6, 6.07) is 14.3. The number of anilines is 2. The molecule has 3 amide bonds. The highest BCUT2D eigenvalue weighted by Gasteiger charge is 2.17. The lowest BCUT2D eigenvalue weighted by Gasteiger charge is -2.15. The Hall–Kier alpha value is -3.02. The molecule has 3 rings (SSSR count). The summed E-state index contributed by atoms with van der Waals surface area (Å²) in [6.45, 7) is 4.26. The number of likely N-dealkylation sites (tertiary alicyclic amines) is 1. The van der Waals surface area contributed by atoms with Crippen LogP contribution >= 0.6 is 0 Å². The van der Waals surface area contributed by atoms with Crippen LogP contribution in [0.2, 0.25) is 0 Å². The van der Waals surface area contributed by atoms with E-state index in [-0.39, 0.29) is 11.9 Å². The average molecular weight is 367 g/mol. The van der Waals surface area contributed by atoms with Gasteiger partial charge in [-0.3, -0.25) is 4.79 Å². The highest BCUT2D eigenvalue weighted by Crippen LogP contribution is 2.17. The number of benzene rings is 2. The first kappa shape index (κ1) is 18.8. The predicted molar refractivity (Wildman–Crippen MR) is 106 cm³/mol. The Kier molecular flexibility index (Phi) is 6.30. The Bertz CT molecular complexity index is 766. The monoisotopic (exact) mass is 367 g/mol. The fourth-order valence-electron chi connectivity index (χ4n) is 3.05. The molecule has 0 radical (unpaired) electrons. The maximum absolute atomic E-state index is 12.2. The first-order valence-electron chi connectivity index (χ1n) is 9.31. The minimum atomic E-state index is -0.319. The second-order valence-corrected chi connectivity index (χ2v) is 6.50. The summed E-state index contributed by atoms with van der Waals surface area (Å²) in [5, 5.41) is 5.57. The second-order valence-electron chi connectivity index (χ2n) is 6.50. The summed E-state index contributed by atoms with van der Waals surface area (Å²) in [7, 11) is 0. The van der Waals surface area contributed by atoms with Crippen molar-refractivity contribution in [1.29, 1.82) is 0 Å². The van der Waals surface area contributed by atoms with Gasteiger partial charge in [0.25, 0.3) is 0 Å². The fraction of sp³-hybridized carbons (Fsp3) is 0.333. The van der Waals surface area contributed by atoms with E-state index in [2.05, 4.69) is 10.6 Å². The zero-order chi connectivity index (χ0) is 19.1. The van der Waals surface area contributed by atoms with Gasteiger partial charge in [-0.1, -0.05) is 12.1 Å². The highest BCUT2D eigenvalue weighted by molar-refractivity contribution is 5.99. The third-order valence-corrected chi connectivity index (χ3v) is 4.45. The molecule has 6 nitrogen and oxygen atoms in total. The predicted octanol–water partition coefficient (Wildman–Crippen LogP) is 3.89. The van der Waals surface area contributed by atoms with Crippen molar-refractivity contribution >= 4 is 23.3 Å². The van der Waals surface area contributed by atoms with E-state index >= 15 is 0 Å². The second kappa shape index (κ2) is 9.07. The van der Waals surface area contributed by atoms with E-state index in [1.807, 2.05) is 48.2 Å². The summed E-state index contributed by atoms with van der Waals surface area (Å²) in [5.41, 5.74) is 2.31. The molecule has 0 bridgehead atoms. The first-order valence-corrected chi connectivity index (χ1v) is 9.31. The lowest BCUT2D eigenvalue weighted by molar-refractivity contribution is -0.129. The number of ether oxygens (including phenoxy) is 1. The Morgan fingerprint density at radius 3 is 2.04 bits per heavy atom. The van der Waals surface area contributed by atoms with Gasteiger partial charge in [0, 0.05) is 24.5 Å². The molecular formula is C21H25N3O3. The number of urea groups is 1. The van der Waals surface area contributed by atoms with Gasteiger partial charge in [0.05, 0.1) is 13.0 Å². The number of hydrogen-bond donors (Lipinski definition) is 2. The lowest BCUT2D eigenvalue weighted by Crippen LogP contribution is -2.29. The van der Waals surface area contributed by atoms with Crippen LogP contribution < -0.4 is 15.4 Å². The molecule has 2 N–H and O–H groups in total. The van der Waals surface area contributed by atoms with Crippen molar-refractivity contribution in [3.8, 4) is 5.75 Å². The van der Waals surface area contributed by atoms with Crippen LogP contribution in [0.15, 0.2) is 48.5 Å². The van der Waals surface area contributed by atoms with Gasteiger partial charge in [0.15, 0.2) is 0 Å². The molecule has 1 aliphatic rings. The summed E-state index contributed by atoms with van der Waals surface area (Å²) in [4.78, 5) is 26.2. The zero-order valence-corrected chi connectivity index (χ0v) is 15.5. The van der Waals surface area contributed by atoms with E-state index in [4.69, 9.17) is 4.74 Å². The van der Waals surface area contributed by atoms with Crippen molar-refractivity contribution in [2.24, 2.45) is 0 Å². The van der Waals surface area contributed by atoms with Crippen LogP contribution in [0.4, 0.5) is 16.2 Å². The normalized spacial score (nSPS) is 13.3. The Morgan fingerprint density at radius 2 is 1.48 bits per heavy atom. The van der Waals surface area contributed by atoms with Crippen LogP contribution in [0, 0.1) is 0 Å². The van der Waals surface area contributed by atoms with Gasteiger partial charge < -0.3 is 20.3 Å². The van der Waals surface area contributed by atoms with Gasteiger partial charge in [-0.15, -0.1) is 0 Å². The molecule has 27 heavy (non-hydrogen) atoms. The topological polar surface area (TPSA) is 70.7 Å². The molecule has 1 fully saturated rings. The first-order chi connectivity index (χ1) is 13.1. The summed E-state index contributed by atoms with van der Waals surface area (Å²) in [5.74, 6) is 0.934. The van der Waals surface area contributed by atoms with Crippen molar-refractivity contribution in [3.63, 3.8) is 0 Å². The van der Waals surface area contributed by atoms with E-state index < -0.39 is 0 Å². The van der Waals surface area contributed by atoms with Crippen molar-refractivity contribution in [1.82, 2.24) is 4.90 Å². The van der Waals surface area contributed by atoms with Crippen molar-refractivity contribution in [2.45, 2.75) is 26.2 Å². The molecule has 6 heteroatoms. The molecule has 0 aliphatic carbocycles. The van der Waals surface area contributed by atoms with Gasteiger partial charge in [0.1, 0.15) is 5.75 Å². The van der Waals surface area contributed by atoms with Crippen molar-refractivity contribution in [2.75, 3.05) is 30.3 Å². The Labute approximate surface area is 159 Å². The molecule has 142 valence electrons. The van der Waals surface area contributed by atoms with E-state index in [0.29, 0.717) is 24.4 Å². The zero-order valence-electron chi connectivity index (χ0n) is 15.5. The van der Waals surface area contributed by atoms with Gasteiger partial charge >= 0.3 is 6.03 Å². The van der Waals surface area contributed by atoms with Gasteiger partial charge in [0.2, 0.25) is 5.91 Å². The number of carbonyl (C=O) groups is 2. The lowest BCUT2D eigenvalue weighted by atomic mass is 10.1. The highest BCUT2D eigenvalue weighted by atomic mass is 16.5. The molecule has 0 aromatic heterocycles. The molecule has 0 atom stereocenters. The number of carbonyl (C=O) groups excluding carboxylic acids is 2. The average Bonchev–Trinajstić information content (AvgIpc) is 3.20. The number of rotatable bonds is 6. The van der Waals surface area contributed by atoms with Crippen LogP contribution in [0.1, 0.15) is 25.3 Å². The van der Waals surface area contributed by atoms with Crippen molar-refractivity contribution in [3.05, 3.63) is 54.1 Å². The number of nitrogens with zero attached hydrogens (tertiary/aromatic N) is 1. The van der Waals surface area contributed by atoms with Gasteiger partial charge in [-0.25, -0.2) is 4.79 Å². The fourth-order valence-corrected chi connectivity index (χ4v) is 3.05. The van der Waals surface area contributed by atoms with Crippen LogP contribution in [0.3, 0.4) is 0 Å². The van der Waals surface area contributed by atoms with Crippen LogP contribution in [0.5, 0.6) is 5.75 Å². The molecule has 2 aromatic carbocycles. The maximum Gasteiger partial charge on any atom is 0.323 e. The summed E-state index contributed by atoms with van der Waals surface area (Å²) in [6.07, 6.45) is 2.59. The van der Waals surface area contributed by atoms with Gasteiger partial charge in [-0.05, 0) is 61.7 Å². The minimum absolute atomic E-state index is 0.168. The quantitative estimate of drug-likeness (QED) is 0.814. The summed E-state index contributed by atoms with van der Waals surface area (Å²) >= 11 is 0. The molecule has 1 heterocycles. The molecule has 1 aliphatic heterocycles. The number of amides is 3. The Balaban J connectivity index is 1.49. The molecule has 1 saturated heterocycles. The van der Waals surface area contributed by atoms with Crippen LogP contribution in [-0.2, 0) is 11.2 Å². The molecule has 0 saturated carbocycles. The molecule has 0 unspecified atom stereocenters. The molecule has 2 aromatic rings. The number of hydrogen-bond acceptors (Lipinski definition) is 3. The third-order valence-electron chi connectivity index (χ3n) is 4.45. The van der Waals surface area contributed by atoms with E-state index in [9.17, 15) is 9.59 Å². The number of nitrogens with one attached hydrogen (secondary N) is 2. The van der Waals surface area contributed by atoms with E-state index in [0.717, 1.165) is 37.2 Å². The van der Waals surface area contributed by atoms with E-state index in [1.54, 1.807) is 12.1 Å². The summed E-state index contributed by atoms with van der Waals surface area (Å²) < 4.78 is 5.38. The van der Waals surface area contributed by atoms with Gasteiger partial charge in [-0.2, -0.15) is 0 Å². The minimum Gasteiger partial charge on any atom is -0.494 e. The van der Waals surface area contributed by atoms with Crippen LogP contribution in [0.25, 0.3) is 0 Å². The smallest absolute Gasteiger partial charge is 0.323 e.